The summed E-state index contributed by atoms with van der Waals surface area (Å²) in [5.41, 5.74) is 0.168. The van der Waals surface area contributed by atoms with Crippen LogP contribution in [0.4, 0.5) is 14.5 Å². The molecule has 5 rings (SSSR count). The number of nitrogens with zero attached hydrogens (tertiary/aromatic N) is 4. The monoisotopic (exact) mass is 588 g/mol. The lowest BCUT2D eigenvalue weighted by Crippen LogP contribution is -2.49. The van der Waals surface area contributed by atoms with Crippen molar-refractivity contribution in [2.45, 2.75) is 19.1 Å². The molecule has 3 aromatic rings. The summed E-state index contributed by atoms with van der Waals surface area (Å²) >= 11 is 0. The molecule has 1 aliphatic carbocycles. The zero-order valence-corrected chi connectivity index (χ0v) is 23.2. The van der Waals surface area contributed by atoms with Crippen LogP contribution in [0.15, 0.2) is 59.5 Å². The number of aromatic nitrogens is 2. The molecule has 0 radical (unpaired) electrons. The Kier molecular flexibility index (Phi) is 8.36. The molecule has 0 amide bonds. The molecule has 2 aromatic carbocycles. The maximum Gasteiger partial charge on any atom is 0.316 e. The topological polar surface area (TPSA) is 111 Å². The van der Waals surface area contributed by atoms with Gasteiger partial charge in [0.25, 0.3) is 0 Å². The first-order valence-corrected chi connectivity index (χ1v) is 14.9. The number of hydrogen-bond donors (Lipinski definition) is 0. The van der Waals surface area contributed by atoms with E-state index in [0.717, 1.165) is 16.8 Å². The largest absolute Gasteiger partial charge is 0.486 e. The highest BCUT2D eigenvalue weighted by Crippen LogP contribution is 2.40. The van der Waals surface area contributed by atoms with E-state index >= 15 is 0 Å². The molecule has 2 fully saturated rings. The standard InChI is InChI=1S/C28H30F2N4O6S/c1-2-39-28(36)24-12-20(24)17-40-26-25(16-31-34(27(26)35)23-14-21(29)13-22(30)15-23)32-8-10-33(11-9-32)41(37,38)18-19-6-4-3-5-7-19/h3-7,13-16,20,24H,2,8-12,17-18H2,1H3/t20-,24+/m0/s1. The van der Waals surface area contributed by atoms with Crippen molar-refractivity contribution >= 4 is 21.7 Å². The van der Waals surface area contributed by atoms with Crippen molar-refractivity contribution in [2.24, 2.45) is 11.8 Å². The van der Waals surface area contributed by atoms with Crippen LogP contribution in [0.2, 0.25) is 0 Å². The van der Waals surface area contributed by atoms with Crippen LogP contribution in [0.3, 0.4) is 0 Å². The van der Waals surface area contributed by atoms with Crippen LogP contribution in [-0.2, 0) is 25.3 Å². The number of hydrogen-bond acceptors (Lipinski definition) is 8. The van der Waals surface area contributed by atoms with Crippen LogP contribution in [0.25, 0.3) is 5.69 Å². The van der Waals surface area contributed by atoms with E-state index in [0.29, 0.717) is 23.7 Å². The fourth-order valence-corrected chi connectivity index (χ4v) is 6.40. The number of ether oxygens (including phenoxy) is 2. The molecule has 1 aliphatic heterocycles. The van der Waals surface area contributed by atoms with Crippen molar-refractivity contribution in [3.63, 3.8) is 0 Å². The predicted octanol–water partition coefficient (Wildman–Crippen LogP) is 2.74. The Morgan fingerprint density at radius 1 is 1.05 bits per heavy atom. The Morgan fingerprint density at radius 2 is 1.73 bits per heavy atom. The minimum absolute atomic E-state index is 0.0542. The first-order chi connectivity index (χ1) is 19.7. The van der Waals surface area contributed by atoms with E-state index in [4.69, 9.17) is 9.47 Å². The van der Waals surface area contributed by atoms with E-state index < -0.39 is 27.2 Å². The van der Waals surface area contributed by atoms with E-state index in [2.05, 4.69) is 5.10 Å². The number of sulfonamides is 1. The highest BCUT2D eigenvalue weighted by molar-refractivity contribution is 7.88. The van der Waals surface area contributed by atoms with Crippen LogP contribution >= 0.6 is 0 Å². The molecule has 1 saturated heterocycles. The van der Waals surface area contributed by atoms with Crippen molar-refractivity contribution in [3.05, 3.63) is 82.3 Å². The summed E-state index contributed by atoms with van der Waals surface area (Å²) in [6.07, 6.45) is 1.92. The van der Waals surface area contributed by atoms with Gasteiger partial charge in [-0.1, -0.05) is 30.3 Å². The van der Waals surface area contributed by atoms with E-state index in [9.17, 15) is 26.8 Å². The summed E-state index contributed by atoms with van der Waals surface area (Å²) in [7, 11) is -3.56. The van der Waals surface area contributed by atoms with Gasteiger partial charge in [0, 0.05) is 38.2 Å². The Morgan fingerprint density at radius 3 is 2.39 bits per heavy atom. The minimum atomic E-state index is -3.56. The van der Waals surface area contributed by atoms with Gasteiger partial charge < -0.3 is 14.4 Å². The number of halogens is 2. The zero-order valence-electron chi connectivity index (χ0n) is 22.4. The lowest BCUT2D eigenvalue weighted by Gasteiger charge is -2.35. The summed E-state index contributed by atoms with van der Waals surface area (Å²) in [5.74, 6) is -2.75. The molecule has 1 aromatic heterocycles. The van der Waals surface area contributed by atoms with E-state index in [-0.39, 0.29) is 74.4 Å². The molecule has 0 unspecified atom stereocenters. The second-order valence-electron chi connectivity index (χ2n) is 10.00. The fourth-order valence-electron chi connectivity index (χ4n) is 4.88. The normalized spacial score (nSPS) is 19.1. The molecule has 2 aliphatic rings. The van der Waals surface area contributed by atoms with Gasteiger partial charge in [-0.05, 0) is 31.0 Å². The van der Waals surface area contributed by atoms with Crippen molar-refractivity contribution in [3.8, 4) is 11.4 Å². The smallest absolute Gasteiger partial charge is 0.316 e. The van der Waals surface area contributed by atoms with Crippen LogP contribution in [0, 0.1) is 23.5 Å². The van der Waals surface area contributed by atoms with Crippen LogP contribution in [0.5, 0.6) is 5.75 Å². The molecular weight excluding hydrogens is 558 g/mol. The number of rotatable bonds is 10. The Labute approximate surface area is 236 Å². The second-order valence-corrected chi connectivity index (χ2v) is 12.0. The SMILES string of the molecule is CCOC(=O)[C@@H]1C[C@H]1COc1c(N2CCN(S(=O)(=O)Cc3ccccc3)CC2)cnn(-c2cc(F)cc(F)c2)c1=O. The third-order valence-corrected chi connectivity index (χ3v) is 8.97. The van der Waals surface area contributed by atoms with Crippen molar-refractivity contribution in [1.29, 1.82) is 0 Å². The number of esters is 1. The van der Waals surface area contributed by atoms with Gasteiger partial charge >= 0.3 is 11.5 Å². The third-order valence-electron chi connectivity index (χ3n) is 7.12. The number of carbonyl (C=O) groups is 1. The van der Waals surface area contributed by atoms with Crippen LogP contribution in [-0.4, -0.2) is 67.9 Å². The maximum absolute atomic E-state index is 13.9. The first-order valence-electron chi connectivity index (χ1n) is 13.3. The maximum atomic E-state index is 13.9. The van der Waals surface area contributed by atoms with Crippen molar-refractivity contribution < 1.29 is 31.5 Å². The van der Waals surface area contributed by atoms with E-state index in [1.165, 1.54) is 10.5 Å². The van der Waals surface area contributed by atoms with Gasteiger partial charge in [0.05, 0.1) is 36.8 Å². The van der Waals surface area contributed by atoms with E-state index in [1.807, 2.05) is 6.07 Å². The summed E-state index contributed by atoms with van der Waals surface area (Å²) in [6, 6.07) is 11.6. The Hall–Kier alpha value is -3.84. The Bertz CT molecular complexity index is 1560. The molecule has 0 N–H and O–H groups in total. The first kappa shape index (κ1) is 28.7. The summed E-state index contributed by atoms with van der Waals surface area (Å²) in [5, 5.41) is 4.14. The molecular formula is C28H30F2N4O6S. The quantitative estimate of drug-likeness (QED) is 0.333. The molecule has 0 bridgehead atoms. The summed E-state index contributed by atoms with van der Waals surface area (Å²) < 4.78 is 67.1. The summed E-state index contributed by atoms with van der Waals surface area (Å²) in [6.45, 7) is 2.93. The third kappa shape index (κ3) is 6.57. The summed E-state index contributed by atoms with van der Waals surface area (Å²) in [4.78, 5) is 27.4. The molecule has 10 nitrogen and oxygen atoms in total. The van der Waals surface area contributed by atoms with Gasteiger partial charge in [0.15, 0.2) is 0 Å². The van der Waals surface area contributed by atoms with Gasteiger partial charge in [0.1, 0.15) is 17.3 Å². The lowest BCUT2D eigenvalue weighted by molar-refractivity contribution is -0.145. The molecule has 0 spiro atoms. The highest BCUT2D eigenvalue weighted by Gasteiger charge is 2.45. The van der Waals surface area contributed by atoms with E-state index in [1.54, 1.807) is 36.1 Å². The van der Waals surface area contributed by atoms with Crippen LogP contribution < -0.4 is 15.2 Å². The number of carbonyl (C=O) groups excluding carboxylic acids is 1. The molecule has 218 valence electrons. The molecule has 13 heteroatoms. The molecule has 1 saturated carbocycles. The molecule has 2 heterocycles. The highest BCUT2D eigenvalue weighted by atomic mass is 32.2. The second kappa shape index (κ2) is 12.0. The van der Waals surface area contributed by atoms with Crippen LogP contribution in [0.1, 0.15) is 18.9 Å². The zero-order chi connectivity index (χ0) is 29.1. The predicted molar refractivity (Wildman–Crippen MR) is 146 cm³/mol. The van der Waals surface area contributed by atoms with Gasteiger partial charge in [0.2, 0.25) is 15.8 Å². The van der Waals surface area contributed by atoms with Gasteiger partial charge in [-0.15, -0.1) is 0 Å². The van der Waals surface area contributed by atoms with Gasteiger partial charge in [-0.25, -0.2) is 17.2 Å². The minimum Gasteiger partial charge on any atom is -0.486 e. The lowest BCUT2D eigenvalue weighted by atomic mass is 10.2. The average Bonchev–Trinajstić information content (AvgIpc) is 3.72. The number of piperazine rings is 1. The number of benzene rings is 2. The van der Waals surface area contributed by atoms with Crippen molar-refractivity contribution in [2.75, 3.05) is 44.3 Å². The Balaban J connectivity index is 1.37. The molecule has 2 atom stereocenters. The van der Waals surface area contributed by atoms with Gasteiger partial charge in [-0.2, -0.15) is 14.1 Å². The van der Waals surface area contributed by atoms with Crippen molar-refractivity contribution in [1.82, 2.24) is 14.1 Å². The molecule has 41 heavy (non-hydrogen) atoms. The van der Waals surface area contributed by atoms with Gasteiger partial charge in [-0.3, -0.25) is 9.59 Å². The average molecular weight is 589 g/mol. The fraction of sp³-hybridized carbons (Fsp3) is 0.393. The number of anilines is 1.